The van der Waals surface area contributed by atoms with E-state index in [0.29, 0.717) is 0 Å². The Balaban J connectivity index is 1.10. The van der Waals surface area contributed by atoms with Gasteiger partial charge in [0.25, 0.3) is 0 Å². The number of benzene rings is 11. The van der Waals surface area contributed by atoms with Crippen molar-refractivity contribution in [1.29, 1.82) is 0 Å². The van der Waals surface area contributed by atoms with E-state index in [9.17, 15) is 0 Å². The molecule has 11 aromatic carbocycles. The third-order valence-corrected chi connectivity index (χ3v) is 14.0. The number of fused-ring (bicyclic) bond motifs is 3. The van der Waals surface area contributed by atoms with E-state index in [1.807, 2.05) is 0 Å². The maximum Gasteiger partial charge on any atom is 0.0535 e. The Morgan fingerprint density at radius 1 is 0.186 bits per heavy atom. The quantitative estimate of drug-likeness (QED) is 0.128. The molecule has 0 fully saturated rings. The molecule has 13 rings (SSSR count). The molecule has 0 spiro atoms. The summed E-state index contributed by atoms with van der Waals surface area (Å²) in [4.78, 5) is 0. The number of hydrogen-bond donors (Lipinski definition) is 0. The van der Waals surface area contributed by atoms with Crippen molar-refractivity contribution >= 4 is 32.3 Å². The van der Waals surface area contributed by atoms with Crippen molar-refractivity contribution in [2.24, 2.45) is 0 Å². The Hall–Kier alpha value is -9.24. The Kier molecular flexibility index (Phi) is 10.2. The van der Waals surface area contributed by atoms with E-state index in [0.717, 1.165) is 34.2 Å². The van der Waals surface area contributed by atoms with E-state index in [2.05, 4.69) is 288 Å². The molecule has 2 heterocycles. The fraction of sp³-hybridized carbons (Fsp3) is 0. The summed E-state index contributed by atoms with van der Waals surface area (Å²) < 4.78 is 4.88. The lowest BCUT2D eigenvalue weighted by atomic mass is 9.85. The third kappa shape index (κ3) is 7.22. The van der Waals surface area contributed by atoms with Crippen LogP contribution in [0.5, 0.6) is 0 Å². The molecule has 0 aliphatic rings. The Morgan fingerprint density at radius 3 is 0.929 bits per heavy atom. The molecule has 0 unspecified atom stereocenters. The SMILES string of the molecule is c1ccc(-c2c3ccc(-n4c(-c5ccccc5)ccc4-c4ccccc4)cc3c(-c3ccc(-c4ccc5ccccc5c4)cc3)c3ccc(-n4c(-c5ccccc5)ccc4-c4ccccc4)cc23)cc1. The van der Waals surface area contributed by atoms with Crippen LogP contribution in [-0.4, -0.2) is 9.13 Å². The maximum atomic E-state index is 2.44. The van der Waals surface area contributed by atoms with Crippen molar-refractivity contribution < 1.29 is 0 Å². The van der Waals surface area contributed by atoms with Crippen LogP contribution in [0.4, 0.5) is 0 Å². The normalized spacial score (nSPS) is 11.4. The lowest BCUT2D eigenvalue weighted by molar-refractivity contribution is 1.10. The minimum absolute atomic E-state index is 1.10. The highest BCUT2D eigenvalue weighted by atomic mass is 15.0. The van der Waals surface area contributed by atoms with Gasteiger partial charge in [-0.1, -0.05) is 224 Å². The smallest absolute Gasteiger partial charge is 0.0535 e. The van der Waals surface area contributed by atoms with Crippen LogP contribution in [0.1, 0.15) is 0 Å². The zero-order chi connectivity index (χ0) is 46.4. The summed E-state index contributed by atoms with van der Waals surface area (Å²) in [6.07, 6.45) is 0. The highest BCUT2D eigenvalue weighted by Gasteiger charge is 2.22. The molecular formula is C68H46N2. The van der Waals surface area contributed by atoms with Crippen LogP contribution in [0.3, 0.4) is 0 Å². The van der Waals surface area contributed by atoms with E-state index in [1.165, 1.54) is 88.0 Å². The number of rotatable bonds is 9. The van der Waals surface area contributed by atoms with Crippen LogP contribution in [0.15, 0.2) is 279 Å². The standard InChI is InChI=1S/C68H46N2/c1-6-19-49(20-7-1)63-40-41-64(50-21-8-2-9-22-50)69(63)57-37-39-60-61(45-57)67(53-27-14-5-15-28-53)59-38-36-58(70-65(51-23-10-3-11-24-51)42-43-66(70)52-25-12-4-13-26-52)46-62(59)68(60)54-33-30-48(31-34-54)56-35-32-47-18-16-17-29-55(47)44-56/h1-46H. The zero-order valence-electron chi connectivity index (χ0n) is 38.5. The van der Waals surface area contributed by atoms with E-state index in [-0.39, 0.29) is 0 Å². The molecule has 13 aromatic rings. The number of nitrogens with zero attached hydrogens (tertiary/aromatic N) is 2. The summed E-state index contributed by atoms with van der Waals surface area (Å²) in [5.74, 6) is 0. The monoisotopic (exact) mass is 890 g/mol. The lowest BCUT2D eigenvalue weighted by Crippen LogP contribution is -2.02. The highest BCUT2D eigenvalue weighted by Crippen LogP contribution is 2.47. The van der Waals surface area contributed by atoms with E-state index in [4.69, 9.17) is 0 Å². The second kappa shape index (κ2) is 17.4. The van der Waals surface area contributed by atoms with Crippen LogP contribution >= 0.6 is 0 Å². The second-order valence-electron chi connectivity index (χ2n) is 18.1. The zero-order valence-corrected chi connectivity index (χ0v) is 38.5. The number of hydrogen-bond acceptors (Lipinski definition) is 0. The molecular weight excluding hydrogens is 845 g/mol. The largest absolute Gasteiger partial charge is 0.309 e. The molecule has 70 heavy (non-hydrogen) atoms. The third-order valence-electron chi connectivity index (χ3n) is 14.0. The molecule has 0 radical (unpaired) electrons. The Bertz CT molecular complexity index is 3880. The predicted molar refractivity (Wildman–Crippen MR) is 296 cm³/mol. The average Bonchev–Trinajstić information content (AvgIpc) is 4.10. The lowest BCUT2D eigenvalue weighted by Gasteiger charge is -2.22. The summed E-state index contributed by atoms with van der Waals surface area (Å²) in [5, 5.41) is 7.26. The van der Waals surface area contributed by atoms with Crippen LogP contribution in [-0.2, 0) is 0 Å². The van der Waals surface area contributed by atoms with Crippen LogP contribution < -0.4 is 0 Å². The second-order valence-corrected chi connectivity index (χ2v) is 18.1. The van der Waals surface area contributed by atoms with Crippen molar-refractivity contribution in [3.8, 4) is 89.8 Å². The van der Waals surface area contributed by atoms with Crippen molar-refractivity contribution in [3.05, 3.63) is 279 Å². The first-order chi connectivity index (χ1) is 34.7. The van der Waals surface area contributed by atoms with Gasteiger partial charge in [-0.2, -0.15) is 0 Å². The van der Waals surface area contributed by atoms with Crippen molar-refractivity contribution in [3.63, 3.8) is 0 Å². The van der Waals surface area contributed by atoms with Gasteiger partial charge in [0.1, 0.15) is 0 Å². The van der Waals surface area contributed by atoms with Crippen molar-refractivity contribution in [2.75, 3.05) is 0 Å². The predicted octanol–water partition coefficient (Wildman–Crippen LogP) is 18.4. The van der Waals surface area contributed by atoms with Gasteiger partial charge < -0.3 is 9.13 Å². The van der Waals surface area contributed by atoms with Gasteiger partial charge in [0, 0.05) is 11.4 Å². The molecule has 0 saturated carbocycles. The molecule has 2 aromatic heterocycles. The molecule has 0 saturated heterocycles. The first kappa shape index (κ1) is 41.0. The van der Waals surface area contributed by atoms with Crippen LogP contribution in [0.25, 0.3) is 122 Å². The molecule has 328 valence electrons. The van der Waals surface area contributed by atoms with Gasteiger partial charge in [-0.05, 0) is 143 Å². The minimum atomic E-state index is 1.10. The van der Waals surface area contributed by atoms with Gasteiger partial charge in [-0.3, -0.25) is 0 Å². The minimum Gasteiger partial charge on any atom is -0.309 e. The summed E-state index contributed by atoms with van der Waals surface area (Å²) in [5.41, 5.74) is 18.6. The maximum absolute atomic E-state index is 2.44. The fourth-order valence-electron chi connectivity index (χ4n) is 10.7. The molecule has 0 aliphatic carbocycles. The highest BCUT2D eigenvalue weighted by molar-refractivity contribution is 6.22. The van der Waals surface area contributed by atoms with Gasteiger partial charge >= 0.3 is 0 Å². The summed E-state index contributed by atoms with van der Waals surface area (Å²) >= 11 is 0. The average molecular weight is 891 g/mol. The van der Waals surface area contributed by atoms with Gasteiger partial charge in [-0.15, -0.1) is 0 Å². The fourth-order valence-corrected chi connectivity index (χ4v) is 10.7. The van der Waals surface area contributed by atoms with Crippen LogP contribution in [0.2, 0.25) is 0 Å². The first-order valence-electron chi connectivity index (χ1n) is 24.1. The van der Waals surface area contributed by atoms with Crippen LogP contribution in [0, 0.1) is 0 Å². The van der Waals surface area contributed by atoms with E-state index >= 15 is 0 Å². The van der Waals surface area contributed by atoms with Crippen molar-refractivity contribution in [2.45, 2.75) is 0 Å². The molecule has 0 bridgehead atoms. The molecule has 2 nitrogen and oxygen atoms in total. The van der Waals surface area contributed by atoms with Gasteiger partial charge in [0.15, 0.2) is 0 Å². The molecule has 0 aliphatic heterocycles. The topological polar surface area (TPSA) is 9.86 Å². The Labute approximate surface area is 408 Å². The molecule has 0 amide bonds. The van der Waals surface area contributed by atoms with E-state index in [1.54, 1.807) is 0 Å². The van der Waals surface area contributed by atoms with Crippen molar-refractivity contribution in [1.82, 2.24) is 9.13 Å². The summed E-state index contributed by atoms with van der Waals surface area (Å²) in [6, 6.07) is 102. The molecule has 0 atom stereocenters. The Morgan fingerprint density at radius 2 is 0.514 bits per heavy atom. The number of aromatic nitrogens is 2. The van der Waals surface area contributed by atoms with Gasteiger partial charge in [0.05, 0.1) is 22.8 Å². The summed E-state index contributed by atoms with van der Waals surface area (Å²) in [7, 11) is 0. The van der Waals surface area contributed by atoms with Gasteiger partial charge in [0.2, 0.25) is 0 Å². The molecule has 2 heteroatoms. The summed E-state index contributed by atoms with van der Waals surface area (Å²) in [6.45, 7) is 0. The first-order valence-corrected chi connectivity index (χ1v) is 24.1. The van der Waals surface area contributed by atoms with E-state index < -0.39 is 0 Å². The molecule has 0 N–H and O–H groups in total. The van der Waals surface area contributed by atoms with Gasteiger partial charge in [-0.25, -0.2) is 0 Å².